The number of carbonyl (C=O) groups is 1. The Hall–Kier alpha value is -2.85. The molecule has 1 aromatic heterocycles. The minimum Gasteiger partial charge on any atom is -0.300 e. The third-order valence-corrected chi connectivity index (χ3v) is 5.51. The van der Waals surface area contributed by atoms with E-state index in [9.17, 15) is 10.1 Å². The minimum atomic E-state index is -0.265. The molecule has 2 aromatic carbocycles. The molecule has 0 aliphatic carbocycles. The molecule has 0 unspecified atom stereocenters. The molecular weight excluding hydrogens is 415 g/mol. The second-order valence-electron chi connectivity index (χ2n) is 5.80. The van der Waals surface area contributed by atoms with Crippen molar-refractivity contribution in [2.45, 2.75) is 0 Å². The van der Waals surface area contributed by atoms with Crippen molar-refractivity contribution in [2.75, 3.05) is 0 Å². The van der Waals surface area contributed by atoms with Crippen LogP contribution in [0.25, 0.3) is 17.0 Å². The number of amides is 1. The number of para-hydroxylation sites is 1. The molecule has 1 N–H and O–H groups in total. The van der Waals surface area contributed by atoms with Gasteiger partial charge in [0.2, 0.25) is 0 Å². The van der Waals surface area contributed by atoms with Crippen LogP contribution >= 0.6 is 35.0 Å². The number of halogens is 2. The van der Waals surface area contributed by atoms with Gasteiger partial charge in [0.05, 0.1) is 32.1 Å². The highest BCUT2D eigenvalue weighted by molar-refractivity contribution is 8.18. The summed E-state index contributed by atoms with van der Waals surface area (Å²) in [6, 6.07) is 14.4. The molecule has 2 heterocycles. The number of fused-ring (bicyclic) bond motifs is 1. The van der Waals surface area contributed by atoms with Gasteiger partial charge in [-0.05, 0) is 53.7 Å². The smallest absolute Gasteiger partial charge is 0.264 e. The molecule has 1 saturated heterocycles. The first-order valence-corrected chi connectivity index (χ1v) is 9.65. The van der Waals surface area contributed by atoms with Crippen molar-refractivity contribution in [3.8, 4) is 6.07 Å². The van der Waals surface area contributed by atoms with E-state index in [0.717, 1.165) is 16.5 Å². The highest BCUT2D eigenvalue weighted by Crippen LogP contribution is 2.35. The van der Waals surface area contributed by atoms with E-state index in [0.29, 0.717) is 31.4 Å². The van der Waals surface area contributed by atoms with Gasteiger partial charge in [0.25, 0.3) is 5.91 Å². The minimum absolute atomic E-state index is 0.265. The van der Waals surface area contributed by atoms with Gasteiger partial charge in [-0.3, -0.25) is 9.78 Å². The molecule has 5 nitrogen and oxygen atoms in total. The second-order valence-corrected chi connectivity index (χ2v) is 7.64. The molecule has 1 aliphatic rings. The Kier molecular flexibility index (Phi) is 5.05. The van der Waals surface area contributed by atoms with Gasteiger partial charge in [-0.1, -0.05) is 35.3 Å². The van der Waals surface area contributed by atoms with Crippen molar-refractivity contribution < 1.29 is 4.79 Å². The lowest BCUT2D eigenvalue weighted by molar-refractivity contribution is -0.115. The summed E-state index contributed by atoms with van der Waals surface area (Å²) in [5, 5.41) is 13.9. The van der Waals surface area contributed by atoms with E-state index in [-0.39, 0.29) is 5.91 Å². The van der Waals surface area contributed by atoms with E-state index < -0.39 is 0 Å². The number of nitrogens with zero attached hydrogens (tertiary/aromatic N) is 3. The number of hydrogen-bond acceptors (Lipinski definition) is 5. The number of hydrogen-bond donors (Lipinski definition) is 1. The molecule has 0 atom stereocenters. The molecular formula is C20H10Cl2N4OS. The molecule has 1 fully saturated rings. The Bertz CT molecular complexity index is 1210. The van der Waals surface area contributed by atoms with Crippen LogP contribution in [0.5, 0.6) is 0 Å². The average molecular weight is 425 g/mol. The molecule has 136 valence electrons. The van der Waals surface area contributed by atoms with Gasteiger partial charge in [-0.15, -0.1) is 0 Å². The number of rotatable bonds is 2. The van der Waals surface area contributed by atoms with Crippen molar-refractivity contribution in [3.63, 3.8) is 0 Å². The first kappa shape index (κ1) is 18.5. The number of aromatic nitrogens is 1. The summed E-state index contributed by atoms with van der Waals surface area (Å²) in [6.45, 7) is 0. The number of nitriles is 1. The van der Waals surface area contributed by atoms with E-state index >= 15 is 0 Å². The summed E-state index contributed by atoms with van der Waals surface area (Å²) in [5.74, 6) is -0.265. The van der Waals surface area contributed by atoms with Crippen molar-refractivity contribution >= 4 is 68.7 Å². The zero-order chi connectivity index (χ0) is 19.7. The lowest BCUT2D eigenvalue weighted by atomic mass is 10.1. The molecule has 0 saturated carbocycles. The van der Waals surface area contributed by atoms with Gasteiger partial charge in [0.15, 0.2) is 5.17 Å². The Morgan fingerprint density at radius 2 is 1.96 bits per heavy atom. The number of amidine groups is 1. The number of carbonyl (C=O) groups excluding carboxylic acids is 1. The zero-order valence-corrected chi connectivity index (χ0v) is 16.4. The lowest BCUT2D eigenvalue weighted by Crippen LogP contribution is -2.19. The predicted molar refractivity (Wildman–Crippen MR) is 114 cm³/mol. The number of aliphatic imine (C=N–C) groups is 1. The summed E-state index contributed by atoms with van der Waals surface area (Å²) in [5.41, 5.74) is 2.45. The van der Waals surface area contributed by atoms with Crippen LogP contribution in [0.1, 0.15) is 11.1 Å². The summed E-state index contributed by atoms with van der Waals surface area (Å²) < 4.78 is 0. The monoisotopic (exact) mass is 424 g/mol. The Balaban J connectivity index is 1.68. The number of thioether (sulfide) groups is 1. The fourth-order valence-electron chi connectivity index (χ4n) is 2.68. The fourth-order valence-corrected chi connectivity index (χ4v) is 3.99. The van der Waals surface area contributed by atoms with E-state index in [2.05, 4.69) is 21.4 Å². The van der Waals surface area contributed by atoms with Gasteiger partial charge in [-0.2, -0.15) is 5.26 Å². The summed E-state index contributed by atoms with van der Waals surface area (Å²) in [4.78, 5) is 21.4. The Labute approximate surface area is 174 Å². The zero-order valence-electron chi connectivity index (χ0n) is 14.1. The first-order chi connectivity index (χ1) is 13.5. The molecule has 0 spiro atoms. The maximum Gasteiger partial charge on any atom is 0.264 e. The fraction of sp³-hybridized carbons (Fsp3) is 0. The number of benzene rings is 2. The Morgan fingerprint density at radius 1 is 1.18 bits per heavy atom. The summed E-state index contributed by atoms with van der Waals surface area (Å²) in [6.07, 6.45) is 3.34. The lowest BCUT2D eigenvalue weighted by Gasteiger charge is -2.02. The third-order valence-electron chi connectivity index (χ3n) is 3.99. The van der Waals surface area contributed by atoms with Gasteiger partial charge in [0, 0.05) is 11.6 Å². The van der Waals surface area contributed by atoms with Crippen molar-refractivity contribution in [1.82, 2.24) is 10.3 Å². The maximum absolute atomic E-state index is 12.3. The summed E-state index contributed by atoms with van der Waals surface area (Å²) >= 11 is 13.5. The van der Waals surface area contributed by atoms with Gasteiger partial charge in [0.1, 0.15) is 5.69 Å². The molecule has 28 heavy (non-hydrogen) atoms. The third kappa shape index (κ3) is 3.60. The molecule has 8 heteroatoms. The van der Waals surface area contributed by atoms with Gasteiger partial charge in [-0.25, -0.2) is 4.99 Å². The van der Waals surface area contributed by atoms with Crippen molar-refractivity contribution in [3.05, 3.63) is 74.7 Å². The van der Waals surface area contributed by atoms with Crippen molar-refractivity contribution in [2.24, 2.45) is 4.99 Å². The first-order valence-electron chi connectivity index (χ1n) is 8.07. The standard InChI is InChI=1S/C20H10Cl2N4OS/c21-14-2-1-3-15(22)18(14)25-20-26-19(27)17(28-20)9-11-4-5-16-13(8-11)12(10-23)6-7-24-16/h1-9H,(H,25,26,27). The van der Waals surface area contributed by atoms with Crippen LogP contribution in [0, 0.1) is 11.3 Å². The molecule has 1 aliphatic heterocycles. The summed E-state index contributed by atoms with van der Waals surface area (Å²) in [7, 11) is 0. The molecule has 3 aromatic rings. The van der Waals surface area contributed by atoms with Crippen LogP contribution < -0.4 is 5.32 Å². The maximum atomic E-state index is 12.3. The largest absolute Gasteiger partial charge is 0.300 e. The quantitative estimate of drug-likeness (QED) is 0.565. The highest BCUT2D eigenvalue weighted by Gasteiger charge is 2.24. The number of nitrogens with one attached hydrogen (secondary N) is 1. The molecule has 0 radical (unpaired) electrons. The van der Waals surface area contributed by atoms with E-state index in [1.165, 1.54) is 11.8 Å². The second kappa shape index (κ2) is 7.64. The van der Waals surface area contributed by atoms with Crippen molar-refractivity contribution in [1.29, 1.82) is 5.26 Å². The van der Waals surface area contributed by atoms with E-state index in [4.69, 9.17) is 23.2 Å². The van der Waals surface area contributed by atoms with Crippen LogP contribution in [-0.4, -0.2) is 16.1 Å². The number of pyridine rings is 1. The normalized spacial score (nSPS) is 16.5. The molecule has 0 bridgehead atoms. The van der Waals surface area contributed by atoms with E-state index in [1.54, 1.807) is 36.5 Å². The van der Waals surface area contributed by atoms with Gasteiger partial charge < -0.3 is 5.32 Å². The predicted octanol–water partition coefficient (Wildman–Crippen LogP) is 5.30. The molecule has 4 rings (SSSR count). The van der Waals surface area contributed by atoms with Crippen LogP contribution in [-0.2, 0) is 4.79 Å². The average Bonchev–Trinajstić information content (AvgIpc) is 3.03. The topological polar surface area (TPSA) is 78.1 Å². The SMILES string of the molecule is N#Cc1ccnc2ccc(C=C3SC(=Nc4c(Cl)cccc4Cl)NC3=O)cc12. The van der Waals surface area contributed by atoms with Gasteiger partial charge >= 0.3 is 0 Å². The van der Waals surface area contributed by atoms with Crippen LogP contribution in [0.15, 0.2) is 58.6 Å². The van der Waals surface area contributed by atoms with Crippen LogP contribution in [0.4, 0.5) is 5.69 Å². The van der Waals surface area contributed by atoms with Crippen LogP contribution in [0.3, 0.4) is 0 Å². The van der Waals surface area contributed by atoms with E-state index in [1.807, 2.05) is 18.2 Å². The highest BCUT2D eigenvalue weighted by atomic mass is 35.5. The van der Waals surface area contributed by atoms with Crippen LogP contribution in [0.2, 0.25) is 10.0 Å². The molecule has 1 amide bonds. The Morgan fingerprint density at radius 3 is 2.71 bits per heavy atom.